The van der Waals surface area contributed by atoms with E-state index in [1.54, 1.807) is 20.8 Å². The molecule has 5 nitrogen and oxygen atoms in total. The van der Waals surface area contributed by atoms with Crippen LogP contribution in [0.15, 0.2) is 0 Å². The molecule has 1 amide bonds. The number of hydrogen-bond donors (Lipinski definition) is 2. The molecule has 0 heterocycles. The monoisotopic (exact) mass is 255 g/mol. The summed E-state index contributed by atoms with van der Waals surface area (Å²) in [5, 5.41) is 12.0. The number of carboxylic acid groups (broad SMARTS) is 1. The highest BCUT2D eigenvalue weighted by atomic mass is 16.6. The van der Waals surface area contributed by atoms with Crippen molar-refractivity contribution in [2.75, 3.05) is 0 Å². The molecule has 2 fully saturated rings. The van der Waals surface area contributed by atoms with Gasteiger partial charge in [-0.2, -0.15) is 0 Å². The molecule has 2 rings (SSSR count). The minimum Gasteiger partial charge on any atom is -0.481 e. The average Bonchev–Trinajstić information content (AvgIpc) is 2.93. The van der Waals surface area contributed by atoms with Gasteiger partial charge in [-0.1, -0.05) is 0 Å². The Morgan fingerprint density at radius 3 is 2.50 bits per heavy atom. The van der Waals surface area contributed by atoms with Gasteiger partial charge in [0.15, 0.2) is 0 Å². The van der Waals surface area contributed by atoms with Crippen LogP contribution in [0.25, 0.3) is 0 Å². The first-order valence-corrected chi connectivity index (χ1v) is 6.50. The lowest BCUT2D eigenvalue weighted by molar-refractivity contribution is -0.143. The van der Waals surface area contributed by atoms with Gasteiger partial charge in [-0.15, -0.1) is 0 Å². The van der Waals surface area contributed by atoms with Gasteiger partial charge in [0.2, 0.25) is 0 Å². The lowest BCUT2D eigenvalue weighted by Crippen LogP contribution is -2.48. The molecule has 0 radical (unpaired) electrons. The van der Waals surface area contributed by atoms with Crippen LogP contribution in [0, 0.1) is 17.8 Å². The molecule has 102 valence electrons. The van der Waals surface area contributed by atoms with Crippen LogP contribution in [0.1, 0.15) is 40.0 Å². The van der Waals surface area contributed by atoms with Crippen molar-refractivity contribution in [1.29, 1.82) is 0 Å². The number of aliphatic carboxylic acids is 1. The molecular weight excluding hydrogens is 234 g/mol. The molecule has 0 unspecified atom stereocenters. The summed E-state index contributed by atoms with van der Waals surface area (Å²) in [6.07, 6.45) is 2.14. The smallest absolute Gasteiger partial charge is 0.407 e. The summed E-state index contributed by atoms with van der Waals surface area (Å²) in [6, 6.07) is -0.268. The quantitative estimate of drug-likeness (QED) is 0.791. The molecule has 0 bridgehead atoms. The number of alkyl carbamates (subject to hydrolysis) is 1. The number of nitrogens with one attached hydrogen (secondary N) is 1. The Morgan fingerprint density at radius 2 is 1.94 bits per heavy atom. The van der Waals surface area contributed by atoms with Crippen molar-refractivity contribution in [1.82, 2.24) is 5.32 Å². The minimum absolute atomic E-state index is 0.268. The largest absolute Gasteiger partial charge is 0.481 e. The number of hydrogen-bond acceptors (Lipinski definition) is 3. The predicted octanol–water partition coefficient (Wildman–Crippen LogP) is 2.01. The van der Waals surface area contributed by atoms with Crippen LogP contribution in [0.4, 0.5) is 4.79 Å². The van der Waals surface area contributed by atoms with Gasteiger partial charge < -0.3 is 15.2 Å². The molecule has 5 heteroatoms. The summed E-state index contributed by atoms with van der Waals surface area (Å²) in [5.41, 5.74) is -0.555. The van der Waals surface area contributed by atoms with Gasteiger partial charge >= 0.3 is 12.1 Å². The van der Waals surface area contributed by atoms with E-state index in [9.17, 15) is 14.7 Å². The number of rotatable bonds is 2. The first-order chi connectivity index (χ1) is 8.28. The Balaban J connectivity index is 1.97. The fraction of sp³-hybridized carbons (Fsp3) is 0.846. The predicted molar refractivity (Wildman–Crippen MR) is 65.1 cm³/mol. The van der Waals surface area contributed by atoms with Gasteiger partial charge in [0, 0.05) is 6.04 Å². The number of fused-ring (bicyclic) bond motifs is 1. The lowest BCUT2D eigenvalue weighted by atomic mass is 9.84. The summed E-state index contributed by atoms with van der Waals surface area (Å²) in [6.45, 7) is 5.38. The Bertz CT molecular complexity index is 360. The lowest BCUT2D eigenvalue weighted by Gasteiger charge is -2.30. The van der Waals surface area contributed by atoms with E-state index in [1.807, 2.05) is 0 Å². The third-order valence-corrected chi connectivity index (χ3v) is 3.72. The van der Waals surface area contributed by atoms with Gasteiger partial charge in [-0.3, -0.25) is 4.79 Å². The van der Waals surface area contributed by atoms with E-state index >= 15 is 0 Å². The second kappa shape index (κ2) is 4.44. The first-order valence-electron chi connectivity index (χ1n) is 6.50. The number of carbonyl (C=O) groups excluding carboxylic acids is 1. The molecular formula is C13H21NO4. The molecule has 2 aliphatic carbocycles. The topological polar surface area (TPSA) is 75.6 Å². The fourth-order valence-electron chi connectivity index (χ4n) is 2.84. The third-order valence-electron chi connectivity index (χ3n) is 3.72. The maximum absolute atomic E-state index is 11.7. The van der Waals surface area contributed by atoms with Crippen molar-refractivity contribution in [2.45, 2.75) is 51.7 Å². The van der Waals surface area contributed by atoms with Gasteiger partial charge in [-0.05, 0) is 51.9 Å². The molecule has 2 saturated carbocycles. The highest BCUT2D eigenvalue weighted by Crippen LogP contribution is 2.51. The average molecular weight is 255 g/mol. The van der Waals surface area contributed by atoms with Crippen LogP contribution in [-0.2, 0) is 9.53 Å². The summed E-state index contributed by atoms with van der Waals surface area (Å²) in [4.78, 5) is 22.9. The van der Waals surface area contributed by atoms with Crippen LogP contribution in [0.3, 0.4) is 0 Å². The van der Waals surface area contributed by atoms with Crippen molar-refractivity contribution >= 4 is 12.1 Å². The molecule has 0 aromatic heterocycles. The van der Waals surface area contributed by atoms with E-state index in [0.717, 1.165) is 12.8 Å². The van der Waals surface area contributed by atoms with E-state index in [4.69, 9.17) is 4.74 Å². The van der Waals surface area contributed by atoms with Crippen molar-refractivity contribution < 1.29 is 19.4 Å². The zero-order chi connectivity index (χ0) is 13.5. The van der Waals surface area contributed by atoms with E-state index in [-0.39, 0.29) is 6.04 Å². The number of carbonyl (C=O) groups is 2. The van der Waals surface area contributed by atoms with Crippen LogP contribution in [0.2, 0.25) is 0 Å². The summed E-state index contributed by atoms with van der Waals surface area (Å²) >= 11 is 0. The van der Waals surface area contributed by atoms with Crippen LogP contribution in [0.5, 0.6) is 0 Å². The molecule has 18 heavy (non-hydrogen) atoms. The summed E-state index contributed by atoms with van der Waals surface area (Å²) in [5.74, 6) is -0.365. The van der Waals surface area contributed by atoms with E-state index < -0.39 is 23.6 Å². The SMILES string of the molecule is CC(C)(C)OC(=O)N[C@@H]1[C@H]2C[C@H]2CC[C@@H]1C(=O)O. The van der Waals surface area contributed by atoms with Gasteiger partial charge in [0.25, 0.3) is 0 Å². The molecule has 0 aliphatic heterocycles. The zero-order valence-corrected chi connectivity index (χ0v) is 11.1. The van der Waals surface area contributed by atoms with Crippen LogP contribution >= 0.6 is 0 Å². The van der Waals surface area contributed by atoms with Gasteiger partial charge in [0.05, 0.1) is 5.92 Å². The minimum atomic E-state index is -0.818. The molecule has 2 N–H and O–H groups in total. The van der Waals surface area contributed by atoms with E-state index in [2.05, 4.69) is 5.32 Å². The second-order valence-corrected chi connectivity index (χ2v) is 6.35. The molecule has 0 saturated heterocycles. The Hall–Kier alpha value is -1.26. The van der Waals surface area contributed by atoms with Crippen molar-refractivity contribution in [2.24, 2.45) is 17.8 Å². The summed E-state index contributed by atoms with van der Waals surface area (Å²) < 4.78 is 5.19. The number of carboxylic acids is 1. The number of ether oxygens (including phenoxy) is 1. The third kappa shape index (κ3) is 2.94. The zero-order valence-electron chi connectivity index (χ0n) is 11.1. The number of amides is 1. The molecule has 0 aromatic rings. The Morgan fingerprint density at radius 1 is 1.28 bits per heavy atom. The maximum atomic E-state index is 11.7. The second-order valence-electron chi connectivity index (χ2n) is 6.35. The molecule has 4 atom stereocenters. The van der Waals surface area contributed by atoms with Crippen molar-refractivity contribution in [3.8, 4) is 0 Å². The van der Waals surface area contributed by atoms with Crippen molar-refractivity contribution in [3.63, 3.8) is 0 Å². The molecule has 2 aliphatic rings. The van der Waals surface area contributed by atoms with Crippen molar-refractivity contribution in [3.05, 3.63) is 0 Å². The first kappa shape index (κ1) is 13.2. The normalized spacial score (nSPS) is 34.4. The van der Waals surface area contributed by atoms with Gasteiger partial charge in [0.1, 0.15) is 5.60 Å². The summed E-state index contributed by atoms with van der Waals surface area (Å²) in [7, 11) is 0. The van der Waals surface area contributed by atoms with Crippen LogP contribution in [-0.4, -0.2) is 28.8 Å². The Kier molecular flexibility index (Phi) is 3.25. The fourth-order valence-corrected chi connectivity index (χ4v) is 2.84. The van der Waals surface area contributed by atoms with Gasteiger partial charge in [-0.25, -0.2) is 4.79 Å². The standard InChI is InChI=1S/C13H21NO4/c1-13(2,3)18-12(17)14-10-8(11(15)16)5-4-7-6-9(7)10/h7-10H,4-6H2,1-3H3,(H,14,17)(H,15,16)/t7-,8+,9+,10+/m1/s1. The van der Waals surface area contributed by atoms with Crippen LogP contribution < -0.4 is 5.32 Å². The molecule has 0 aromatic carbocycles. The van der Waals surface area contributed by atoms with E-state index in [1.165, 1.54) is 0 Å². The maximum Gasteiger partial charge on any atom is 0.407 e. The highest BCUT2D eigenvalue weighted by molar-refractivity contribution is 5.74. The Labute approximate surface area is 107 Å². The highest BCUT2D eigenvalue weighted by Gasteiger charge is 2.52. The van der Waals surface area contributed by atoms with E-state index in [0.29, 0.717) is 18.3 Å². The molecule has 0 spiro atoms.